The molecule has 1 amide bonds. The van der Waals surface area contributed by atoms with Crippen molar-refractivity contribution in [3.8, 4) is 0 Å². The number of fused-ring (bicyclic) bond motifs is 1. The zero-order valence-electron chi connectivity index (χ0n) is 19.0. The lowest BCUT2D eigenvalue weighted by Crippen LogP contribution is -2.29. The van der Waals surface area contributed by atoms with Crippen molar-refractivity contribution in [1.29, 1.82) is 0 Å². The molecule has 1 aliphatic carbocycles. The predicted octanol–water partition coefficient (Wildman–Crippen LogP) is 3.86. The highest BCUT2D eigenvalue weighted by molar-refractivity contribution is 7.99. The second-order valence-electron chi connectivity index (χ2n) is 8.31. The Morgan fingerprint density at radius 3 is 2.81 bits per heavy atom. The molecule has 0 unspecified atom stereocenters. The molecule has 1 saturated carbocycles. The van der Waals surface area contributed by atoms with Gasteiger partial charge in [0.15, 0.2) is 10.8 Å². The summed E-state index contributed by atoms with van der Waals surface area (Å²) in [6.07, 6.45) is 8.64. The minimum absolute atomic E-state index is 0.146. The molecule has 0 radical (unpaired) electrons. The van der Waals surface area contributed by atoms with E-state index in [1.165, 1.54) is 32.1 Å². The minimum Gasteiger partial charge on any atom is -0.380 e. The summed E-state index contributed by atoms with van der Waals surface area (Å²) in [5.41, 5.74) is 0.790. The van der Waals surface area contributed by atoms with E-state index in [1.54, 1.807) is 18.0 Å². The Labute approximate surface area is 189 Å². The lowest BCUT2D eigenvalue weighted by molar-refractivity contribution is -0.122. The molecule has 0 spiro atoms. The molecule has 0 atom stereocenters. The number of nitrogens with one attached hydrogen (secondary N) is 2. The van der Waals surface area contributed by atoms with Crippen LogP contribution in [0.5, 0.6) is 0 Å². The molecule has 31 heavy (non-hydrogen) atoms. The zero-order valence-corrected chi connectivity index (χ0v) is 19.8. The van der Waals surface area contributed by atoms with Crippen LogP contribution in [-0.2, 0) is 16.1 Å². The summed E-state index contributed by atoms with van der Waals surface area (Å²) in [5.74, 6) is 1.47. The van der Waals surface area contributed by atoms with Gasteiger partial charge in [0, 0.05) is 31.4 Å². The number of carbonyl (C=O) groups excluding carboxylic acids is 1. The predicted molar refractivity (Wildman–Crippen MR) is 126 cm³/mol. The van der Waals surface area contributed by atoms with Gasteiger partial charge in [0.25, 0.3) is 0 Å². The Hall–Kier alpha value is -1.87. The second-order valence-corrected chi connectivity index (χ2v) is 9.85. The highest BCUT2D eigenvalue weighted by atomic mass is 32.2. The third-order valence-corrected chi connectivity index (χ3v) is 6.27. The van der Waals surface area contributed by atoms with Crippen LogP contribution in [0, 0.1) is 5.92 Å². The normalized spacial score (nSPS) is 15.0. The molecular weight excluding hydrogens is 412 g/mol. The van der Waals surface area contributed by atoms with E-state index in [-0.39, 0.29) is 5.91 Å². The van der Waals surface area contributed by atoms with E-state index in [1.807, 2.05) is 11.6 Å². The molecule has 2 aromatic rings. The topological polar surface area (TPSA) is 94.0 Å². The summed E-state index contributed by atoms with van der Waals surface area (Å²) in [7, 11) is 0. The third-order valence-electron chi connectivity index (χ3n) is 5.40. The van der Waals surface area contributed by atoms with E-state index in [2.05, 4.69) is 34.6 Å². The van der Waals surface area contributed by atoms with Crippen molar-refractivity contribution < 1.29 is 9.53 Å². The van der Waals surface area contributed by atoms with Gasteiger partial charge in [-0.05, 0) is 25.7 Å². The Bertz CT molecular complexity index is 835. The number of amides is 1. The van der Waals surface area contributed by atoms with Crippen LogP contribution in [0.3, 0.4) is 0 Å². The van der Waals surface area contributed by atoms with E-state index < -0.39 is 0 Å². The molecule has 2 N–H and O–H groups in total. The van der Waals surface area contributed by atoms with Crippen LogP contribution in [0.25, 0.3) is 11.0 Å². The van der Waals surface area contributed by atoms with Crippen LogP contribution in [0.4, 0.5) is 5.82 Å². The number of rotatable bonds is 12. The molecule has 8 nitrogen and oxygen atoms in total. The standard InChI is InChI=1S/C22H36N6O2S/c1-4-30-13-11-24-20-18-15-25-28(21(18)27-22(26-20)31-16(2)3)12-10-23-19(29)14-17-8-6-5-7-9-17/h15-17H,4-14H2,1-3H3,(H,23,29)(H,24,26,27). The maximum absolute atomic E-state index is 12.3. The number of anilines is 1. The van der Waals surface area contributed by atoms with Crippen LogP contribution < -0.4 is 10.6 Å². The van der Waals surface area contributed by atoms with Crippen LogP contribution >= 0.6 is 11.8 Å². The van der Waals surface area contributed by atoms with Crippen molar-refractivity contribution in [2.45, 2.75) is 76.2 Å². The van der Waals surface area contributed by atoms with Gasteiger partial charge in [-0.2, -0.15) is 5.10 Å². The maximum atomic E-state index is 12.3. The zero-order chi connectivity index (χ0) is 22.1. The van der Waals surface area contributed by atoms with Crippen molar-refractivity contribution in [3.63, 3.8) is 0 Å². The van der Waals surface area contributed by atoms with Gasteiger partial charge in [-0.25, -0.2) is 14.6 Å². The fraction of sp³-hybridized carbons (Fsp3) is 0.727. The molecule has 2 aromatic heterocycles. The number of aromatic nitrogens is 4. The van der Waals surface area contributed by atoms with Crippen molar-refractivity contribution in [2.75, 3.05) is 31.6 Å². The summed E-state index contributed by atoms with van der Waals surface area (Å²) in [4.78, 5) is 21.7. The van der Waals surface area contributed by atoms with Gasteiger partial charge in [-0.15, -0.1) is 0 Å². The fourth-order valence-corrected chi connectivity index (χ4v) is 4.61. The Balaban J connectivity index is 1.63. The molecule has 3 rings (SSSR count). The van der Waals surface area contributed by atoms with Gasteiger partial charge in [0.2, 0.25) is 5.91 Å². The quantitative estimate of drug-likeness (QED) is 0.289. The smallest absolute Gasteiger partial charge is 0.220 e. The molecule has 0 bridgehead atoms. The van der Waals surface area contributed by atoms with Crippen LogP contribution in [-0.4, -0.2) is 57.2 Å². The Kier molecular flexibility index (Phi) is 9.39. The number of carbonyl (C=O) groups is 1. The monoisotopic (exact) mass is 448 g/mol. The highest BCUT2D eigenvalue weighted by Crippen LogP contribution is 2.27. The molecular formula is C22H36N6O2S. The van der Waals surface area contributed by atoms with E-state index in [0.29, 0.717) is 50.4 Å². The molecule has 1 fully saturated rings. The van der Waals surface area contributed by atoms with Gasteiger partial charge < -0.3 is 15.4 Å². The van der Waals surface area contributed by atoms with Gasteiger partial charge in [0.05, 0.1) is 24.7 Å². The molecule has 172 valence electrons. The summed E-state index contributed by atoms with van der Waals surface area (Å²) in [6, 6.07) is 0. The number of thioether (sulfide) groups is 1. The van der Waals surface area contributed by atoms with Crippen molar-refractivity contribution >= 4 is 34.5 Å². The van der Waals surface area contributed by atoms with Crippen molar-refractivity contribution in [1.82, 2.24) is 25.1 Å². The average molecular weight is 449 g/mol. The van der Waals surface area contributed by atoms with E-state index >= 15 is 0 Å². The summed E-state index contributed by atoms with van der Waals surface area (Å²) in [5, 5.41) is 12.9. The summed E-state index contributed by atoms with van der Waals surface area (Å²) < 4.78 is 7.28. The van der Waals surface area contributed by atoms with Crippen molar-refractivity contribution in [3.05, 3.63) is 6.20 Å². The van der Waals surface area contributed by atoms with Gasteiger partial charge >= 0.3 is 0 Å². The maximum Gasteiger partial charge on any atom is 0.220 e. The summed E-state index contributed by atoms with van der Waals surface area (Å²) in [6.45, 7) is 9.36. The number of hydrogen-bond acceptors (Lipinski definition) is 7. The molecule has 1 aliphatic rings. The van der Waals surface area contributed by atoms with Crippen LogP contribution in [0.1, 0.15) is 59.3 Å². The first-order valence-corrected chi connectivity index (χ1v) is 12.4. The largest absolute Gasteiger partial charge is 0.380 e. The van der Waals surface area contributed by atoms with Gasteiger partial charge in [0.1, 0.15) is 5.82 Å². The average Bonchev–Trinajstić information content (AvgIpc) is 3.14. The first-order chi connectivity index (χ1) is 15.1. The molecule has 2 heterocycles. The highest BCUT2D eigenvalue weighted by Gasteiger charge is 2.17. The lowest BCUT2D eigenvalue weighted by atomic mass is 9.87. The van der Waals surface area contributed by atoms with E-state index in [4.69, 9.17) is 9.72 Å². The molecule has 9 heteroatoms. The van der Waals surface area contributed by atoms with E-state index in [0.717, 1.165) is 22.0 Å². The fourth-order valence-electron chi connectivity index (χ4n) is 3.91. The second kappa shape index (κ2) is 12.2. The Morgan fingerprint density at radius 2 is 2.06 bits per heavy atom. The SMILES string of the molecule is CCOCCNc1nc(SC(C)C)nc2c1cnn2CCNC(=O)CC1CCCCC1. The first kappa shape index (κ1) is 23.8. The first-order valence-electron chi connectivity index (χ1n) is 11.5. The van der Waals surface area contributed by atoms with Crippen LogP contribution in [0.15, 0.2) is 11.4 Å². The molecule has 0 aromatic carbocycles. The lowest BCUT2D eigenvalue weighted by Gasteiger charge is -2.20. The number of hydrogen-bond donors (Lipinski definition) is 2. The number of ether oxygens (including phenoxy) is 1. The van der Waals surface area contributed by atoms with Gasteiger partial charge in [-0.3, -0.25) is 4.79 Å². The van der Waals surface area contributed by atoms with E-state index in [9.17, 15) is 4.79 Å². The third kappa shape index (κ3) is 7.35. The van der Waals surface area contributed by atoms with Gasteiger partial charge in [-0.1, -0.05) is 44.9 Å². The molecule has 0 saturated heterocycles. The Morgan fingerprint density at radius 1 is 1.26 bits per heavy atom. The minimum atomic E-state index is 0.146. The summed E-state index contributed by atoms with van der Waals surface area (Å²) >= 11 is 1.63. The van der Waals surface area contributed by atoms with Crippen molar-refractivity contribution in [2.24, 2.45) is 5.92 Å². The molecule has 0 aliphatic heterocycles. The van der Waals surface area contributed by atoms with Crippen LogP contribution in [0.2, 0.25) is 0 Å². The number of nitrogens with zero attached hydrogens (tertiary/aromatic N) is 4.